The SMILES string of the molecule is O=C1C=C2CC[C@@H]3[C@H](CC[C@]4(CF)C(=O)CC[C@@H]34)[C@H]2CC1. The van der Waals surface area contributed by atoms with E-state index >= 15 is 0 Å². The van der Waals surface area contributed by atoms with E-state index in [-0.39, 0.29) is 17.5 Å². The van der Waals surface area contributed by atoms with Crippen molar-refractivity contribution in [3.05, 3.63) is 11.6 Å². The van der Waals surface area contributed by atoms with Crippen molar-refractivity contribution >= 4 is 11.6 Å². The Kier molecular flexibility index (Phi) is 3.09. The van der Waals surface area contributed by atoms with Crippen molar-refractivity contribution in [1.29, 1.82) is 0 Å². The van der Waals surface area contributed by atoms with E-state index in [9.17, 15) is 14.0 Å². The van der Waals surface area contributed by atoms with Crippen molar-refractivity contribution in [2.75, 3.05) is 6.67 Å². The highest BCUT2D eigenvalue weighted by Gasteiger charge is 2.58. The van der Waals surface area contributed by atoms with E-state index in [0.29, 0.717) is 30.6 Å². The number of ketones is 2. The summed E-state index contributed by atoms with van der Waals surface area (Å²) in [4.78, 5) is 23.9. The zero-order valence-electron chi connectivity index (χ0n) is 12.4. The normalized spacial score (nSPS) is 45.7. The minimum Gasteiger partial charge on any atom is -0.299 e. The number of alkyl halides is 1. The molecule has 3 saturated carbocycles. The highest BCUT2D eigenvalue weighted by atomic mass is 19.1. The number of hydrogen-bond donors (Lipinski definition) is 0. The first kappa shape index (κ1) is 13.7. The van der Waals surface area contributed by atoms with Crippen molar-refractivity contribution in [3.8, 4) is 0 Å². The Morgan fingerprint density at radius 3 is 2.71 bits per heavy atom. The van der Waals surface area contributed by atoms with E-state index < -0.39 is 12.1 Å². The first-order valence-corrected chi connectivity index (χ1v) is 8.48. The van der Waals surface area contributed by atoms with Crippen LogP contribution in [-0.4, -0.2) is 18.2 Å². The second-order valence-corrected chi connectivity index (χ2v) is 7.59. The van der Waals surface area contributed by atoms with Gasteiger partial charge in [-0.15, -0.1) is 0 Å². The molecule has 0 saturated heterocycles. The van der Waals surface area contributed by atoms with Crippen molar-refractivity contribution < 1.29 is 14.0 Å². The third-order valence-corrected chi connectivity index (χ3v) is 6.98. The van der Waals surface area contributed by atoms with Crippen molar-refractivity contribution in [2.24, 2.45) is 29.1 Å². The van der Waals surface area contributed by atoms with Gasteiger partial charge in [-0.1, -0.05) is 5.57 Å². The van der Waals surface area contributed by atoms with Crippen LogP contribution in [0.2, 0.25) is 0 Å². The van der Waals surface area contributed by atoms with Gasteiger partial charge in [-0.2, -0.15) is 0 Å². The summed E-state index contributed by atoms with van der Waals surface area (Å²) in [5, 5.41) is 0. The molecule has 4 rings (SSSR count). The number of carbonyl (C=O) groups excluding carboxylic acids is 2. The zero-order chi connectivity index (χ0) is 14.6. The minimum atomic E-state index is -0.632. The molecule has 0 aromatic carbocycles. The molecule has 3 fully saturated rings. The summed E-state index contributed by atoms with van der Waals surface area (Å²) in [5.41, 5.74) is 0.719. The van der Waals surface area contributed by atoms with Gasteiger partial charge in [0.15, 0.2) is 5.78 Å². The molecule has 0 bridgehead atoms. The van der Waals surface area contributed by atoms with Crippen LogP contribution < -0.4 is 0 Å². The molecule has 21 heavy (non-hydrogen) atoms. The summed E-state index contributed by atoms with van der Waals surface area (Å²) in [6.45, 7) is -0.453. The van der Waals surface area contributed by atoms with Gasteiger partial charge in [-0.3, -0.25) is 9.59 Å². The monoisotopic (exact) mass is 290 g/mol. The third-order valence-electron chi connectivity index (χ3n) is 6.98. The van der Waals surface area contributed by atoms with E-state index in [1.54, 1.807) is 0 Å². The molecule has 0 radical (unpaired) electrons. The molecule has 0 aromatic rings. The first-order valence-electron chi connectivity index (χ1n) is 8.48. The van der Waals surface area contributed by atoms with Gasteiger partial charge in [-0.25, -0.2) is 4.39 Å². The Bertz CT molecular complexity index is 523. The van der Waals surface area contributed by atoms with Crippen LogP contribution in [0.1, 0.15) is 51.4 Å². The maximum absolute atomic E-state index is 13.7. The van der Waals surface area contributed by atoms with E-state index in [4.69, 9.17) is 0 Å². The molecule has 5 atom stereocenters. The largest absolute Gasteiger partial charge is 0.299 e. The fraction of sp³-hybridized carbons (Fsp3) is 0.778. The van der Waals surface area contributed by atoms with Crippen molar-refractivity contribution in [3.63, 3.8) is 0 Å². The lowest BCUT2D eigenvalue weighted by Crippen LogP contribution is -2.49. The highest BCUT2D eigenvalue weighted by molar-refractivity contribution is 5.91. The molecule has 0 unspecified atom stereocenters. The lowest BCUT2D eigenvalue weighted by molar-refractivity contribution is -0.134. The van der Waals surface area contributed by atoms with Gasteiger partial charge in [0.2, 0.25) is 0 Å². The number of fused-ring (bicyclic) bond motifs is 5. The van der Waals surface area contributed by atoms with Crippen LogP contribution in [0.3, 0.4) is 0 Å². The predicted molar refractivity (Wildman–Crippen MR) is 77.4 cm³/mol. The standard InChI is InChI=1S/C18H23FO2/c19-10-18-8-7-14-13-4-2-12(20)9-11(13)1-3-15(14)16(18)5-6-17(18)21/h9,13-16H,1-8,10H2/t13-,14+,15+,16-,18+/m0/s1. The van der Waals surface area contributed by atoms with Crippen LogP contribution in [-0.2, 0) is 9.59 Å². The van der Waals surface area contributed by atoms with Gasteiger partial charge in [0.25, 0.3) is 0 Å². The maximum Gasteiger partial charge on any atom is 0.155 e. The summed E-state index contributed by atoms with van der Waals surface area (Å²) < 4.78 is 13.7. The zero-order valence-corrected chi connectivity index (χ0v) is 12.4. The molecule has 4 aliphatic rings. The molecule has 3 heteroatoms. The Morgan fingerprint density at radius 1 is 1.05 bits per heavy atom. The van der Waals surface area contributed by atoms with Gasteiger partial charge >= 0.3 is 0 Å². The van der Waals surface area contributed by atoms with Crippen molar-refractivity contribution in [1.82, 2.24) is 0 Å². The Balaban J connectivity index is 1.65. The van der Waals surface area contributed by atoms with Crippen LogP contribution in [0.4, 0.5) is 4.39 Å². The summed E-state index contributed by atoms with van der Waals surface area (Å²) in [5.74, 6) is 2.38. The average Bonchev–Trinajstić information content (AvgIpc) is 2.84. The van der Waals surface area contributed by atoms with Gasteiger partial charge in [0.05, 0.1) is 5.41 Å². The lowest BCUT2D eigenvalue weighted by atomic mass is 9.52. The van der Waals surface area contributed by atoms with Gasteiger partial charge in [-0.05, 0) is 68.3 Å². The number of rotatable bonds is 1. The lowest BCUT2D eigenvalue weighted by Gasteiger charge is -2.52. The molecule has 2 nitrogen and oxygen atoms in total. The van der Waals surface area contributed by atoms with Crippen LogP contribution in [0.5, 0.6) is 0 Å². The van der Waals surface area contributed by atoms with Crippen LogP contribution in [0.25, 0.3) is 0 Å². The fourth-order valence-corrected chi connectivity index (χ4v) is 6.01. The van der Waals surface area contributed by atoms with E-state index in [2.05, 4.69) is 0 Å². The number of halogens is 1. The average molecular weight is 290 g/mol. The molecule has 0 amide bonds. The molecule has 0 aliphatic heterocycles. The number of allylic oxidation sites excluding steroid dienone is 1. The molecular weight excluding hydrogens is 267 g/mol. The maximum atomic E-state index is 13.7. The summed E-state index contributed by atoms with van der Waals surface area (Å²) >= 11 is 0. The molecule has 0 heterocycles. The van der Waals surface area contributed by atoms with Gasteiger partial charge in [0.1, 0.15) is 12.5 Å². The van der Waals surface area contributed by atoms with Crippen LogP contribution in [0, 0.1) is 29.1 Å². The number of carbonyl (C=O) groups is 2. The third kappa shape index (κ3) is 1.82. The van der Waals surface area contributed by atoms with E-state index in [1.165, 1.54) is 5.57 Å². The Labute approximate surface area is 125 Å². The van der Waals surface area contributed by atoms with E-state index in [0.717, 1.165) is 38.5 Å². The minimum absolute atomic E-state index is 0.189. The summed E-state index contributed by atoms with van der Waals surface area (Å²) in [6, 6.07) is 0. The Morgan fingerprint density at radius 2 is 1.90 bits per heavy atom. The smallest absolute Gasteiger partial charge is 0.155 e. The Hall–Kier alpha value is -0.990. The first-order chi connectivity index (χ1) is 10.2. The van der Waals surface area contributed by atoms with Gasteiger partial charge < -0.3 is 0 Å². The summed E-state index contributed by atoms with van der Waals surface area (Å²) in [6.07, 6.45) is 8.80. The predicted octanol–water partition coefficient (Wildman–Crippen LogP) is 3.65. The molecule has 0 aromatic heterocycles. The number of Topliss-reactive ketones (excluding diaryl/α,β-unsaturated/α-hetero) is 1. The second-order valence-electron chi connectivity index (χ2n) is 7.59. The van der Waals surface area contributed by atoms with Crippen molar-refractivity contribution in [2.45, 2.75) is 51.4 Å². The molecule has 0 N–H and O–H groups in total. The quantitative estimate of drug-likeness (QED) is 0.738. The van der Waals surface area contributed by atoms with Gasteiger partial charge in [0, 0.05) is 12.8 Å². The molecule has 0 spiro atoms. The van der Waals surface area contributed by atoms with Crippen LogP contribution in [0.15, 0.2) is 11.6 Å². The number of hydrogen-bond acceptors (Lipinski definition) is 2. The van der Waals surface area contributed by atoms with Crippen LogP contribution >= 0.6 is 0 Å². The topological polar surface area (TPSA) is 34.1 Å². The fourth-order valence-electron chi connectivity index (χ4n) is 6.01. The van der Waals surface area contributed by atoms with E-state index in [1.807, 2.05) is 6.08 Å². The summed E-state index contributed by atoms with van der Waals surface area (Å²) in [7, 11) is 0. The highest BCUT2D eigenvalue weighted by Crippen LogP contribution is 2.60. The molecular formula is C18H23FO2. The second kappa shape index (κ2) is 4.76. The molecule has 114 valence electrons. The molecule has 4 aliphatic carbocycles.